The van der Waals surface area contributed by atoms with Crippen molar-refractivity contribution in [3.05, 3.63) is 36.0 Å². The minimum Gasteiger partial charge on any atom is -0.481 e. The number of rotatable bonds is 37. The minimum atomic E-state index is -2.79. The van der Waals surface area contributed by atoms with Crippen molar-refractivity contribution in [3.63, 3.8) is 0 Å². The Balaban J connectivity index is 2.25. The van der Waals surface area contributed by atoms with E-state index in [1.807, 2.05) is 16.0 Å². The molecule has 0 unspecified atom stereocenters. The molecule has 2 aromatic rings. The quantitative estimate of drug-likeness (QED) is 0.0221. The monoisotopic (exact) mass is 1630 g/mol. The summed E-state index contributed by atoms with van der Waals surface area (Å²) in [6, 6.07) is -15.4. The van der Waals surface area contributed by atoms with Crippen molar-refractivity contribution >= 4 is 123 Å². The van der Waals surface area contributed by atoms with E-state index >= 15 is 0 Å². The highest BCUT2D eigenvalue weighted by Gasteiger charge is 2.44. The molecule has 43 heteroatoms. The number of aromatic nitrogens is 1. The molecule has 14 amide bonds. The lowest BCUT2D eigenvalue weighted by Gasteiger charge is -2.32. The van der Waals surface area contributed by atoms with E-state index < -0.39 is 255 Å². The number of fused-ring (bicyclic) bond motifs is 1. The number of aliphatic carboxylic acids is 4. The van der Waals surface area contributed by atoms with Crippen LogP contribution in [-0.2, 0) is 107 Å². The molecule has 1 aliphatic rings. The van der Waals surface area contributed by atoms with E-state index in [1.165, 1.54) is 13.8 Å². The van der Waals surface area contributed by atoms with Gasteiger partial charge in [-0.05, 0) is 82.4 Å². The van der Waals surface area contributed by atoms with Gasteiger partial charge in [-0.2, -0.15) is 0 Å². The molecule has 3 rings (SSSR count). The molecule has 1 saturated heterocycles. The summed E-state index contributed by atoms with van der Waals surface area (Å²) in [6.45, 7) is 5.50. The molecule has 0 bridgehead atoms. The van der Waals surface area contributed by atoms with Gasteiger partial charge in [-0.25, -0.2) is 9.59 Å². The number of aromatic amines is 1. The molecule has 1 aliphatic heterocycles. The van der Waals surface area contributed by atoms with E-state index in [4.69, 9.17) is 20.9 Å². The molecular weight excluding hydrogens is 1520 g/mol. The highest BCUT2D eigenvalue weighted by Crippen LogP contribution is 2.21. The lowest BCUT2D eigenvalue weighted by atomic mass is 9.98. The van der Waals surface area contributed by atoms with Crippen LogP contribution < -0.4 is 75.3 Å². The normalized spacial score (nSPS) is 22.0. The van der Waals surface area contributed by atoms with Crippen LogP contribution in [0.1, 0.15) is 150 Å². The highest BCUT2D eigenvalue weighted by atomic mass is 16.5. The summed E-state index contributed by atoms with van der Waals surface area (Å²) in [5.74, 6) is -27.4. The van der Waals surface area contributed by atoms with Crippen molar-refractivity contribution in [1.29, 1.82) is 0 Å². The SMILES string of the molecule is CC[C@H](C)[C@@H]1NC(=O)[C@H](CCC(=O)O)NC(=O)[C@@H](CO)NC(=O)CNC(=O)[C@H]([C@H](OC)C(=O)O)NC(=O)[C@@H](CCCCN)NC(=O)[C@H](CC(=O)O)NC(=O)[C@H](C)NC(=O)CN(C)C(=O)[C@@H](NC(=O)[C@@H](NC(=O)[C@@H](CCC(=O)O)NC(=O)[C@H](Cc2c[nH]c3ccccc23)NC(=O)CCCCCCCC(C)C)[C@H](O)C(N)=O)[C@H](C)OC1=O. The Kier molecular flexibility index (Phi) is 41.8. The number of aliphatic hydroxyl groups excluding tert-OH is 2. The van der Waals surface area contributed by atoms with Crippen LogP contribution in [0.15, 0.2) is 30.5 Å². The average Bonchev–Trinajstić information content (AvgIpc) is 1.60. The zero-order valence-corrected chi connectivity index (χ0v) is 65.3. The molecule has 43 nitrogen and oxygen atoms in total. The van der Waals surface area contributed by atoms with Gasteiger partial charge >= 0.3 is 29.8 Å². The third-order valence-electron chi connectivity index (χ3n) is 18.5. The van der Waals surface area contributed by atoms with Crippen LogP contribution in [-0.4, -0.2) is 278 Å². The Morgan fingerprint density at radius 1 is 0.635 bits per heavy atom. The number of nitrogens with zero attached hydrogens (tertiary/aromatic N) is 1. The highest BCUT2D eigenvalue weighted by molar-refractivity contribution is 6.02. The number of hydrogen-bond donors (Lipinski definition) is 21. The molecule has 23 N–H and O–H groups in total. The van der Waals surface area contributed by atoms with Gasteiger partial charge in [-0.15, -0.1) is 0 Å². The van der Waals surface area contributed by atoms with Crippen molar-refractivity contribution in [1.82, 2.24) is 73.7 Å². The molecule has 0 saturated carbocycles. The van der Waals surface area contributed by atoms with Crippen molar-refractivity contribution in [2.75, 3.05) is 40.4 Å². The van der Waals surface area contributed by atoms with Gasteiger partial charge in [0.05, 0.1) is 26.1 Å². The van der Waals surface area contributed by atoms with Gasteiger partial charge in [-0.1, -0.05) is 84.4 Å². The van der Waals surface area contributed by atoms with Gasteiger partial charge in [0.1, 0.15) is 72.6 Å². The summed E-state index contributed by atoms with van der Waals surface area (Å²) in [5, 5.41) is 88.3. The lowest BCUT2D eigenvalue weighted by molar-refractivity contribution is -0.159. The predicted molar refractivity (Wildman–Crippen MR) is 401 cm³/mol. The second-order valence-corrected chi connectivity index (χ2v) is 28.2. The van der Waals surface area contributed by atoms with Gasteiger partial charge in [0.15, 0.2) is 12.2 Å². The number of primary amides is 1. The van der Waals surface area contributed by atoms with E-state index in [-0.39, 0.29) is 45.1 Å². The first-order valence-corrected chi connectivity index (χ1v) is 37.5. The second kappa shape index (κ2) is 49.2. The van der Waals surface area contributed by atoms with Gasteiger partial charge in [0, 0.05) is 56.9 Å². The van der Waals surface area contributed by atoms with E-state index in [2.05, 4.69) is 66.7 Å². The summed E-state index contributed by atoms with van der Waals surface area (Å²) in [4.78, 5) is 264. The first-order valence-electron chi connectivity index (χ1n) is 37.5. The number of carbonyl (C=O) groups is 19. The third kappa shape index (κ3) is 33.3. The number of methoxy groups -OCH3 is 1. The molecular formula is C72H110N16O27. The van der Waals surface area contributed by atoms with Gasteiger partial charge in [0.25, 0.3) is 0 Å². The van der Waals surface area contributed by atoms with Gasteiger partial charge in [-0.3, -0.25) is 81.5 Å². The number of unbranched alkanes of at least 4 members (excludes halogenated alkanes) is 5. The number of nitrogens with one attached hydrogen (secondary N) is 13. The average molecular weight is 1630 g/mol. The van der Waals surface area contributed by atoms with Crippen LogP contribution in [0.4, 0.5) is 0 Å². The molecule has 640 valence electrons. The largest absolute Gasteiger partial charge is 0.481 e. The maximum atomic E-state index is 15.0. The standard InChI is InChI=1S/C72H110N16O27/c1-9-36(4)54-72(113)115-38(6)55(85-69(109)56(58(99)60(74)100)86-64(104)44(25-27-52(95)96)81-65(105)45(29-39-31-75-41-21-16-15-20-40(39)41)78-48(90)23-14-12-10-11-13-19-35(2)3)70(110)88(7)33-50(92)77-37(5)61(101)83-46(30-53(97)98)66(106)80-42(22-17-18-28-73)62(102)87-57(59(114-8)71(111)112)68(108)76-32-49(91)79-47(34-89)67(107)82-43(63(103)84-54)24-26-51(93)94/h15-16,20-21,31,35-38,42-47,54-59,75,89,99H,9-14,17-19,22-30,32-34,73H2,1-8H3,(H2,74,100)(H,76,108)(H,77,92)(H,78,90)(H,79,91)(H,80,106)(H,81,105)(H,82,107)(H,83,101)(H,84,103)(H,85,109)(H,86,104)(H,87,102)(H,93,94)(H,95,96)(H,97,98)(H,111,112)/t36-,37-,38-,42+,43-,44+,45-,46-,47+,54-,55-,56-,57-,58-,59-/m0/s1. The Bertz CT molecular complexity index is 3760. The van der Waals surface area contributed by atoms with Crippen LogP contribution in [0.5, 0.6) is 0 Å². The maximum Gasteiger partial charge on any atom is 0.335 e. The van der Waals surface area contributed by atoms with Gasteiger partial charge < -0.3 is 125 Å². The number of hydrogen-bond acceptors (Lipinski definition) is 24. The number of esters is 1. The molecule has 0 aliphatic carbocycles. The van der Waals surface area contributed by atoms with Crippen LogP contribution >= 0.6 is 0 Å². The number of H-pyrrole nitrogens is 1. The van der Waals surface area contributed by atoms with E-state index in [9.17, 15) is 122 Å². The molecule has 1 aromatic carbocycles. The summed E-state index contributed by atoms with van der Waals surface area (Å²) in [6.07, 6.45) is -5.55. The topological polar surface area (TPSA) is 680 Å². The fraction of sp³-hybridized carbons (Fsp3) is 0.625. The Labute approximate surface area is 661 Å². The molecule has 0 spiro atoms. The van der Waals surface area contributed by atoms with Crippen molar-refractivity contribution in [2.45, 2.75) is 235 Å². The summed E-state index contributed by atoms with van der Waals surface area (Å²) in [7, 11) is 1.72. The summed E-state index contributed by atoms with van der Waals surface area (Å²) in [5.41, 5.74) is 12.3. The summed E-state index contributed by atoms with van der Waals surface area (Å²) >= 11 is 0. The third-order valence-corrected chi connectivity index (χ3v) is 18.5. The smallest absolute Gasteiger partial charge is 0.335 e. The molecule has 115 heavy (non-hydrogen) atoms. The van der Waals surface area contributed by atoms with Crippen LogP contribution in [0.2, 0.25) is 0 Å². The number of carboxylic acids is 4. The fourth-order valence-electron chi connectivity index (χ4n) is 11.8. The summed E-state index contributed by atoms with van der Waals surface area (Å²) < 4.78 is 10.7. The lowest BCUT2D eigenvalue weighted by Crippen LogP contribution is -2.64. The molecule has 15 atom stereocenters. The number of carbonyl (C=O) groups excluding carboxylic acids is 15. The number of carboxylic acid groups (broad SMARTS) is 4. The molecule has 1 fully saturated rings. The Hall–Kier alpha value is -11.5. The molecule has 1 aromatic heterocycles. The zero-order valence-electron chi connectivity index (χ0n) is 65.3. The van der Waals surface area contributed by atoms with E-state index in [1.54, 1.807) is 30.5 Å². The van der Waals surface area contributed by atoms with Crippen molar-refractivity contribution < 1.29 is 131 Å². The number of likely N-dealkylation sites (N-methyl/N-ethyl adjacent to an activating group) is 1. The Morgan fingerprint density at radius 3 is 1.82 bits per heavy atom. The molecule has 2 heterocycles. The van der Waals surface area contributed by atoms with Crippen molar-refractivity contribution in [2.24, 2.45) is 23.3 Å². The first kappa shape index (κ1) is 97.7. The number of cyclic esters (lactones) is 1. The number of amides is 14. The predicted octanol–water partition coefficient (Wildman–Crippen LogP) is -5.71. The zero-order chi connectivity index (χ0) is 86.5. The van der Waals surface area contributed by atoms with Gasteiger partial charge in [0.2, 0.25) is 82.7 Å². The van der Waals surface area contributed by atoms with Crippen LogP contribution in [0, 0.1) is 11.8 Å². The second-order valence-electron chi connectivity index (χ2n) is 28.2. The first-order chi connectivity index (χ1) is 54.2. The Morgan fingerprint density at radius 2 is 1.23 bits per heavy atom. The minimum absolute atomic E-state index is 0.0135. The van der Waals surface area contributed by atoms with Crippen LogP contribution in [0.3, 0.4) is 0 Å². The van der Waals surface area contributed by atoms with E-state index in [0.717, 1.165) is 53.7 Å². The number of para-hydroxylation sites is 1. The fourth-order valence-corrected chi connectivity index (χ4v) is 11.8. The number of nitrogens with two attached hydrogens (primary N) is 2. The van der Waals surface area contributed by atoms with Crippen molar-refractivity contribution in [3.8, 4) is 0 Å². The molecule has 0 radical (unpaired) electrons. The number of aliphatic hydroxyl groups is 2. The number of benzene rings is 1. The van der Waals surface area contributed by atoms with E-state index in [0.29, 0.717) is 40.1 Å². The number of ether oxygens (including phenoxy) is 2. The van der Waals surface area contributed by atoms with Crippen LogP contribution in [0.25, 0.3) is 10.9 Å². The maximum absolute atomic E-state index is 15.0.